The van der Waals surface area contributed by atoms with Gasteiger partial charge in [0.25, 0.3) is 5.91 Å². The zero-order valence-electron chi connectivity index (χ0n) is 16.7. The van der Waals surface area contributed by atoms with Crippen LogP contribution in [0.1, 0.15) is 60.9 Å². The highest BCUT2D eigenvalue weighted by molar-refractivity contribution is 6.33. The Morgan fingerprint density at radius 3 is 2.64 bits per heavy atom. The second kappa shape index (κ2) is 8.73. The fourth-order valence-corrected chi connectivity index (χ4v) is 6.46. The van der Waals surface area contributed by atoms with E-state index in [2.05, 4.69) is 10.6 Å². The molecule has 1 amide bonds. The average molecular weight is 405 g/mol. The highest BCUT2D eigenvalue weighted by Crippen LogP contribution is 2.65. The van der Waals surface area contributed by atoms with Crippen molar-refractivity contribution in [3.63, 3.8) is 0 Å². The van der Waals surface area contributed by atoms with Crippen molar-refractivity contribution < 1.29 is 9.90 Å². The van der Waals surface area contributed by atoms with Gasteiger partial charge < -0.3 is 15.7 Å². The van der Waals surface area contributed by atoms with Crippen molar-refractivity contribution in [3.05, 3.63) is 34.3 Å². The van der Waals surface area contributed by atoms with Gasteiger partial charge in [0.15, 0.2) is 0 Å². The Balaban J connectivity index is 1.30. The minimum absolute atomic E-state index is 0.0199. The minimum atomic E-state index is -0.0199. The summed E-state index contributed by atoms with van der Waals surface area (Å²) in [6.07, 6.45) is 9.52. The maximum Gasteiger partial charge on any atom is 0.252 e. The summed E-state index contributed by atoms with van der Waals surface area (Å²) in [5, 5.41) is 15.9. The Morgan fingerprint density at radius 1 is 1.14 bits per heavy atom. The second-order valence-electron chi connectivity index (χ2n) is 9.33. The van der Waals surface area contributed by atoms with Gasteiger partial charge in [-0.15, -0.1) is 0 Å². The third kappa shape index (κ3) is 4.24. The molecule has 0 aliphatic heterocycles. The SMILES string of the molecule is O=C(NCC12CC3CC(CC1C3)C2)c1cc(CCCNCCCO)ccc1Cl. The fourth-order valence-electron chi connectivity index (χ4n) is 6.25. The van der Waals surface area contributed by atoms with Crippen molar-refractivity contribution in [2.45, 2.75) is 51.4 Å². The first kappa shape index (κ1) is 20.2. The van der Waals surface area contributed by atoms with E-state index < -0.39 is 0 Å². The lowest BCUT2D eigenvalue weighted by molar-refractivity contribution is 0.0914. The lowest BCUT2D eigenvalue weighted by atomic mass is 9.75. The molecule has 1 aromatic carbocycles. The molecule has 5 rings (SSSR count). The van der Waals surface area contributed by atoms with E-state index in [0.717, 1.165) is 62.2 Å². The Kier molecular flexibility index (Phi) is 6.29. The molecule has 3 N–H and O–H groups in total. The predicted molar refractivity (Wildman–Crippen MR) is 113 cm³/mol. The monoisotopic (exact) mass is 404 g/mol. The van der Waals surface area contributed by atoms with Crippen LogP contribution in [0.5, 0.6) is 0 Å². The van der Waals surface area contributed by atoms with E-state index in [1.165, 1.54) is 32.1 Å². The first-order chi connectivity index (χ1) is 13.6. The summed E-state index contributed by atoms with van der Waals surface area (Å²) >= 11 is 6.35. The van der Waals surface area contributed by atoms with E-state index in [0.29, 0.717) is 16.0 Å². The van der Waals surface area contributed by atoms with Gasteiger partial charge in [-0.25, -0.2) is 0 Å². The van der Waals surface area contributed by atoms with E-state index in [4.69, 9.17) is 16.7 Å². The molecule has 0 saturated heterocycles. The number of aliphatic hydroxyl groups is 1. The highest BCUT2D eigenvalue weighted by atomic mass is 35.5. The molecule has 0 aromatic heterocycles. The molecule has 5 heteroatoms. The largest absolute Gasteiger partial charge is 0.396 e. The van der Waals surface area contributed by atoms with Crippen LogP contribution in [0.3, 0.4) is 0 Å². The number of carbonyl (C=O) groups is 1. The van der Waals surface area contributed by atoms with Crippen molar-refractivity contribution in [3.8, 4) is 0 Å². The average Bonchev–Trinajstić information content (AvgIpc) is 3.07. The van der Waals surface area contributed by atoms with Crippen molar-refractivity contribution in [2.24, 2.45) is 23.2 Å². The molecule has 4 aliphatic carbocycles. The molecule has 1 aromatic rings. The van der Waals surface area contributed by atoms with Crippen LogP contribution in [0.25, 0.3) is 0 Å². The lowest BCUT2D eigenvalue weighted by Gasteiger charge is -2.33. The number of aryl methyl sites for hydroxylation is 1. The molecule has 4 nitrogen and oxygen atoms in total. The first-order valence-electron chi connectivity index (χ1n) is 11.0. The highest BCUT2D eigenvalue weighted by Gasteiger charge is 2.57. The van der Waals surface area contributed by atoms with E-state index in [1.807, 2.05) is 18.2 Å². The van der Waals surface area contributed by atoms with E-state index in [1.54, 1.807) is 0 Å². The smallest absolute Gasteiger partial charge is 0.252 e. The predicted octanol–water partition coefficient (Wildman–Crippen LogP) is 3.80. The van der Waals surface area contributed by atoms with Gasteiger partial charge in [-0.1, -0.05) is 17.7 Å². The summed E-state index contributed by atoms with van der Waals surface area (Å²) < 4.78 is 0. The summed E-state index contributed by atoms with van der Waals surface area (Å²) in [5.74, 6) is 2.63. The third-order valence-electron chi connectivity index (χ3n) is 7.37. The van der Waals surface area contributed by atoms with Gasteiger partial charge in [0.1, 0.15) is 0 Å². The molecule has 0 radical (unpaired) electrons. The van der Waals surface area contributed by atoms with Gasteiger partial charge in [0.2, 0.25) is 0 Å². The molecule has 28 heavy (non-hydrogen) atoms. The molecule has 4 aliphatic rings. The number of carbonyl (C=O) groups excluding carboxylic acids is 1. The lowest BCUT2D eigenvalue weighted by Crippen LogP contribution is -2.38. The Morgan fingerprint density at radius 2 is 1.89 bits per heavy atom. The maximum atomic E-state index is 12.9. The molecule has 154 valence electrons. The van der Waals surface area contributed by atoms with Crippen LogP contribution in [0.15, 0.2) is 18.2 Å². The molecule has 4 fully saturated rings. The van der Waals surface area contributed by atoms with Gasteiger partial charge in [0.05, 0.1) is 10.6 Å². The Hall–Kier alpha value is -1.10. The normalized spacial score (nSPS) is 30.1. The van der Waals surface area contributed by atoms with Crippen molar-refractivity contribution in [1.82, 2.24) is 10.6 Å². The van der Waals surface area contributed by atoms with Crippen LogP contribution in [0, 0.1) is 23.2 Å². The topological polar surface area (TPSA) is 61.4 Å². The van der Waals surface area contributed by atoms with E-state index in [-0.39, 0.29) is 12.5 Å². The quantitative estimate of drug-likeness (QED) is 0.520. The van der Waals surface area contributed by atoms with Crippen LogP contribution in [0.2, 0.25) is 5.02 Å². The summed E-state index contributed by atoms with van der Waals surface area (Å²) in [5.41, 5.74) is 2.13. The maximum absolute atomic E-state index is 12.9. The standard InChI is InChI=1S/C23H33ClN2O2/c24-21-5-4-16(3-1-6-25-7-2-8-27)12-20(21)22(28)26-15-23-13-17-9-18(14-23)11-19(23)10-17/h4-5,12,17-19,25,27H,1-3,6-11,13-15H2,(H,26,28). The molecular formula is C23H33ClN2O2. The summed E-state index contributed by atoms with van der Waals surface area (Å²) in [6.45, 7) is 2.80. The number of hydrogen-bond acceptors (Lipinski definition) is 3. The molecule has 4 bridgehead atoms. The van der Waals surface area contributed by atoms with Gasteiger partial charge in [-0.05, 0) is 105 Å². The first-order valence-corrected chi connectivity index (χ1v) is 11.4. The molecular weight excluding hydrogens is 372 g/mol. The number of rotatable bonds is 10. The zero-order valence-corrected chi connectivity index (χ0v) is 17.4. The Labute approximate surface area is 173 Å². The van der Waals surface area contributed by atoms with Crippen LogP contribution in [0.4, 0.5) is 0 Å². The third-order valence-corrected chi connectivity index (χ3v) is 7.70. The number of hydrogen-bond donors (Lipinski definition) is 3. The molecule has 4 saturated carbocycles. The number of aliphatic hydroxyl groups excluding tert-OH is 1. The second-order valence-corrected chi connectivity index (χ2v) is 9.74. The van der Waals surface area contributed by atoms with Gasteiger partial charge >= 0.3 is 0 Å². The zero-order chi connectivity index (χ0) is 19.6. The van der Waals surface area contributed by atoms with Crippen LogP contribution in [-0.4, -0.2) is 37.3 Å². The minimum Gasteiger partial charge on any atom is -0.396 e. The number of benzene rings is 1. The van der Waals surface area contributed by atoms with E-state index in [9.17, 15) is 4.79 Å². The van der Waals surface area contributed by atoms with Crippen LogP contribution < -0.4 is 10.6 Å². The van der Waals surface area contributed by atoms with Crippen molar-refractivity contribution in [1.29, 1.82) is 0 Å². The van der Waals surface area contributed by atoms with E-state index >= 15 is 0 Å². The summed E-state index contributed by atoms with van der Waals surface area (Å²) in [7, 11) is 0. The van der Waals surface area contributed by atoms with Crippen molar-refractivity contribution in [2.75, 3.05) is 26.2 Å². The van der Waals surface area contributed by atoms with Crippen LogP contribution >= 0.6 is 11.6 Å². The van der Waals surface area contributed by atoms with Crippen molar-refractivity contribution >= 4 is 17.5 Å². The molecule has 0 spiro atoms. The number of amides is 1. The number of halogens is 1. The molecule has 2 atom stereocenters. The van der Waals surface area contributed by atoms with Gasteiger partial charge in [-0.2, -0.15) is 0 Å². The summed E-state index contributed by atoms with van der Waals surface area (Å²) in [6, 6.07) is 5.83. The van der Waals surface area contributed by atoms with Crippen LogP contribution in [-0.2, 0) is 6.42 Å². The number of nitrogens with one attached hydrogen (secondary N) is 2. The molecule has 2 unspecified atom stereocenters. The summed E-state index contributed by atoms with van der Waals surface area (Å²) in [4.78, 5) is 12.9. The van der Waals surface area contributed by atoms with Gasteiger partial charge in [-0.3, -0.25) is 4.79 Å². The Bertz CT molecular complexity index is 694. The molecule has 0 heterocycles. The fraction of sp³-hybridized carbons (Fsp3) is 0.696. The van der Waals surface area contributed by atoms with Gasteiger partial charge in [0, 0.05) is 13.2 Å².